The molecule has 2 aliphatic rings. The monoisotopic (exact) mass is 302 g/mol. The van der Waals surface area contributed by atoms with Gasteiger partial charge < -0.3 is 15.0 Å². The number of ether oxygens (including phenoxy) is 1. The van der Waals surface area contributed by atoms with Gasteiger partial charge in [-0.25, -0.2) is 0 Å². The third-order valence-electron chi connectivity index (χ3n) is 4.59. The molecule has 118 valence electrons. The zero-order chi connectivity index (χ0) is 15.6. The highest BCUT2D eigenvalue weighted by atomic mass is 16.5. The maximum atomic E-state index is 12.7. The topological polar surface area (TPSA) is 58.6 Å². The summed E-state index contributed by atoms with van der Waals surface area (Å²) in [7, 11) is 1.35. The number of esters is 1. The van der Waals surface area contributed by atoms with Crippen LogP contribution in [-0.4, -0.2) is 43.0 Å². The number of anilines is 1. The Morgan fingerprint density at radius 1 is 1.27 bits per heavy atom. The smallest absolute Gasteiger partial charge is 0.321 e. The van der Waals surface area contributed by atoms with Gasteiger partial charge in [0.05, 0.1) is 7.11 Å². The van der Waals surface area contributed by atoms with Gasteiger partial charge in [0.15, 0.2) is 0 Å². The minimum absolute atomic E-state index is 0.0566. The molecule has 1 heterocycles. The van der Waals surface area contributed by atoms with E-state index in [0.717, 1.165) is 25.1 Å². The number of carbonyl (C=O) groups excluding carboxylic acids is 2. The van der Waals surface area contributed by atoms with Crippen LogP contribution >= 0.6 is 0 Å². The Balaban J connectivity index is 1.63. The van der Waals surface area contributed by atoms with E-state index in [9.17, 15) is 9.59 Å². The highest BCUT2D eigenvalue weighted by Crippen LogP contribution is 2.48. The fourth-order valence-electron chi connectivity index (χ4n) is 3.18. The second-order valence-electron chi connectivity index (χ2n) is 6.17. The van der Waals surface area contributed by atoms with Gasteiger partial charge in [-0.2, -0.15) is 0 Å². The molecule has 1 N–H and O–H groups in total. The number of hydrogen-bond acceptors (Lipinski definition) is 4. The van der Waals surface area contributed by atoms with Gasteiger partial charge in [-0.05, 0) is 37.8 Å². The van der Waals surface area contributed by atoms with Crippen molar-refractivity contribution >= 4 is 17.6 Å². The summed E-state index contributed by atoms with van der Waals surface area (Å²) in [5.41, 5.74) is 0.180. The van der Waals surface area contributed by atoms with Crippen molar-refractivity contribution in [2.45, 2.75) is 31.7 Å². The first-order chi connectivity index (χ1) is 10.7. The normalized spacial score (nSPS) is 22.8. The van der Waals surface area contributed by atoms with Crippen molar-refractivity contribution in [3.05, 3.63) is 30.3 Å². The third-order valence-corrected chi connectivity index (χ3v) is 4.59. The summed E-state index contributed by atoms with van der Waals surface area (Å²) in [5, 5.41) is 3.47. The molecule has 2 fully saturated rings. The van der Waals surface area contributed by atoms with Crippen LogP contribution in [0.15, 0.2) is 30.3 Å². The van der Waals surface area contributed by atoms with Gasteiger partial charge in [0.25, 0.3) is 0 Å². The highest BCUT2D eigenvalue weighted by Gasteiger charge is 2.59. The van der Waals surface area contributed by atoms with Crippen molar-refractivity contribution in [3.8, 4) is 0 Å². The molecule has 0 radical (unpaired) electrons. The van der Waals surface area contributed by atoms with Crippen LogP contribution in [0, 0.1) is 5.41 Å². The molecule has 3 rings (SSSR count). The lowest BCUT2D eigenvalue weighted by atomic mass is 10.0. The number of amides is 1. The van der Waals surface area contributed by atoms with Crippen LogP contribution in [0.4, 0.5) is 5.69 Å². The first-order valence-corrected chi connectivity index (χ1v) is 7.85. The SMILES string of the molecule is COC(=O)C1(C(=O)N2CCCC(Nc3ccccc3)C2)CC1. The second-order valence-corrected chi connectivity index (χ2v) is 6.17. The van der Waals surface area contributed by atoms with Crippen LogP contribution in [-0.2, 0) is 14.3 Å². The number of likely N-dealkylation sites (tertiary alicyclic amines) is 1. The molecule has 1 atom stereocenters. The lowest BCUT2D eigenvalue weighted by Crippen LogP contribution is -2.49. The fraction of sp³-hybridized carbons (Fsp3) is 0.529. The van der Waals surface area contributed by atoms with Crippen LogP contribution in [0.1, 0.15) is 25.7 Å². The third kappa shape index (κ3) is 2.80. The molecule has 1 aliphatic carbocycles. The van der Waals surface area contributed by atoms with E-state index < -0.39 is 5.41 Å². The van der Waals surface area contributed by atoms with Crippen molar-refractivity contribution in [2.24, 2.45) is 5.41 Å². The first kappa shape index (κ1) is 14.9. The summed E-state index contributed by atoms with van der Waals surface area (Å²) >= 11 is 0. The number of methoxy groups -OCH3 is 1. The van der Waals surface area contributed by atoms with Crippen LogP contribution in [0.25, 0.3) is 0 Å². The number of nitrogens with zero attached hydrogens (tertiary/aromatic N) is 1. The molecule has 1 amide bonds. The summed E-state index contributed by atoms with van der Waals surface area (Å²) in [6.07, 6.45) is 3.22. The van der Waals surface area contributed by atoms with E-state index in [2.05, 4.69) is 5.32 Å². The zero-order valence-electron chi connectivity index (χ0n) is 12.9. The van der Waals surface area contributed by atoms with E-state index in [1.54, 1.807) is 0 Å². The van der Waals surface area contributed by atoms with Gasteiger partial charge in [-0.3, -0.25) is 9.59 Å². The Bertz CT molecular complexity index is 554. The molecule has 1 aliphatic heterocycles. The molecule has 5 heteroatoms. The van der Waals surface area contributed by atoms with Crippen LogP contribution in [0.2, 0.25) is 0 Å². The Morgan fingerprint density at radius 2 is 2.00 bits per heavy atom. The van der Waals surface area contributed by atoms with Crippen LogP contribution in [0.3, 0.4) is 0 Å². The maximum absolute atomic E-state index is 12.7. The largest absolute Gasteiger partial charge is 0.468 e. The molecule has 1 saturated carbocycles. The maximum Gasteiger partial charge on any atom is 0.321 e. The van der Waals surface area contributed by atoms with E-state index in [0.29, 0.717) is 19.4 Å². The van der Waals surface area contributed by atoms with Crippen LogP contribution < -0.4 is 5.32 Å². The lowest BCUT2D eigenvalue weighted by Gasteiger charge is -2.35. The second kappa shape index (κ2) is 5.99. The summed E-state index contributed by atoms with van der Waals surface area (Å²) in [6, 6.07) is 10.2. The number of piperidine rings is 1. The number of hydrogen-bond donors (Lipinski definition) is 1. The molecule has 0 spiro atoms. The summed E-state index contributed by atoms with van der Waals surface area (Å²) in [4.78, 5) is 26.4. The Morgan fingerprint density at radius 3 is 2.64 bits per heavy atom. The molecule has 5 nitrogen and oxygen atoms in total. The standard InChI is InChI=1S/C17H22N2O3/c1-22-16(21)17(9-10-17)15(20)19-11-5-8-14(12-19)18-13-6-3-2-4-7-13/h2-4,6-7,14,18H,5,8-12H2,1H3. The van der Waals surface area contributed by atoms with E-state index in [4.69, 9.17) is 4.74 Å². The molecule has 1 unspecified atom stereocenters. The molecule has 0 aromatic heterocycles. The van der Waals surface area contributed by atoms with Gasteiger partial charge in [0, 0.05) is 24.8 Å². The van der Waals surface area contributed by atoms with Crippen molar-refractivity contribution in [3.63, 3.8) is 0 Å². The number of nitrogens with one attached hydrogen (secondary N) is 1. The average molecular weight is 302 g/mol. The lowest BCUT2D eigenvalue weighted by molar-refractivity contribution is -0.156. The van der Waals surface area contributed by atoms with Crippen molar-refractivity contribution in [1.29, 1.82) is 0 Å². The molecule has 22 heavy (non-hydrogen) atoms. The molecule has 1 aromatic rings. The Hall–Kier alpha value is -2.04. The summed E-state index contributed by atoms with van der Waals surface area (Å²) in [6.45, 7) is 1.37. The van der Waals surface area contributed by atoms with Gasteiger partial charge in [0.1, 0.15) is 5.41 Å². The highest BCUT2D eigenvalue weighted by molar-refractivity contribution is 6.05. The van der Waals surface area contributed by atoms with E-state index in [-0.39, 0.29) is 17.9 Å². The minimum Gasteiger partial charge on any atom is -0.468 e. The molecular formula is C17H22N2O3. The molecule has 1 saturated heterocycles. The first-order valence-electron chi connectivity index (χ1n) is 7.85. The zero-order valence-corrected chi connectivity index (χ0v) is 12.9. The van der Waals surface area contributed by atoms with Gasteiger partial charge >= 0.3 is 5.97 Å². The van der Waals surface area contributed by atoms with Crippen molar-refractivity contribution in [1.82, 2.24) is 4.90 Å². The number of benzene rings is 1. The minimum atomic E-state index is -0.886. The molecular weight excluding hydrogens is 280 g/mol. The Labute approximate surface area is 130 Å². The number of rotatable bonds is 4. The van der Waals surface area contributed by atoms with E-state index in [1.807, 2.05) is 35.2 Å². The van der Waals surface area contributed by atoms with E-state index in [1.165, 1.54) is 7.11 Å². The predicted octanol–water partition coefficient (Wildman–Crippen LogP) is 2.04. The average Bonchev–Trinajstić information content (AvgIpc) is 3.36. The van der Waals surface area contributed by atoms with E-state index >= 15 is 0 Å². The van der Waals surface area contributed by atoms with Gasteiger partial charge in [-0.1, -0.05) is 18.2 Å². The van der Waals surface area contributed by atoms with Gasteiger partial charge in [0.2, 0.25) is 5.91 Å². The molecule has 0 bridgehead atoms. The number of carbonyl (C=O) groups is 2. The van der Waals surface area contributed by atoms with Crippen LogP contribution in [0.5, 0.6) is 0 Å². The van der Waals surface area contributed by atoms with Crippen molar-refractivity contribution < 1.29 is 14.3 Å². The quantitative estimate of drug-likeness (QED) is 0.683. The molecule has 1 aromatic carbocycles. The summed E-state index contributed by atoms with van der Waals surface area (Å²) in [5.74, 6) is -0.436. The Kier molecular flexibility index (Phi) is 4.05. The summed E-state index contributed by atoms with van der Waals surface area (Å²) < 4.78 is 4.81. The van der Waals surface area contributed by atoms with Crippen molar-refractivity contribution in [2.75, 3.05) is 25.5 Å². The number of para-hydroxylation sites is 1. The fourth-order valence-corrected chi connectivity index (χ4v) is 3.18. The predicted molar refractivity (Wildman–Crippen MR) is 83.3 cm³/mol. The van der Waals surface area contributed by atoms with Gasteiger partial charge in [-0.15, -0.1) is 0 Å².